The number of nitrogens with one attached hydrogen (secondary N) is 1. The van der Waals surface area contributed by atoms with Gasteiger partial charge in [-0.1, -0.05) is 18.2 Å². The van der Waals surface area contributed by atoms with Crippen molar-refractivity contribution in [3.63, 3.8) is 0 Å². The SMILES string of the molecule is O=C(Cc1cccc(C(F)(F)F)c1)NCC(O)c1ccsc1. The Bertz CT molecular complexity index is 626. The lowest BCUT2D eigenvalue weighted by atomic mass is 10.1. The lowest BCUT2D eigenvalue weighted by Crippen LogP contribution is -2.29. The molecular formula is C15H14F3NO2S. The molecule has 1 aromatic carbocycles. The third kappa shape index (κ3) is 4.57. The van der Waals surface area contributed by atoms with Crippen LogP contribution in [0, 0.1) is 0 Å². The van der Waals surface area contributed by atoms with Gasteiger partial charge in [0.05, 0.1) is 18.1 Å². The smallest absolute Gasteiger partial charge is 0.387 e. The number of hydrogen-bond acceptors (Lipinski definition) is 3. The van der Waals surface area contributed by atoms with Crippen LogP contribution in [0.15, 0.2) is 41.1 Å². The van der Waals surface area contributed by atoms with Crippen LogP contribution in [0.2, 0.25) is 0 Å². The molecule has 1 atom stereocenters. The van der Waals surface area contributed by atoms with Crippen molar-refractivity contribution in [3.05, 3.63) is 57.8 Å². The zero-order valence-electron chi connectivity index (χ0n) is 11.4. The van der Waals surface area contributed by atoms with Crippen LogP contribution in [0.25, 0.3) is 0 Å². The number of amides is 1. The Morgan fingerprint density at radius 3 is 2.73 bits per heavy atom. The van der Waals surface area contributed by atoms with E-state index in [1.54, 1.807) is 11.4 Å². The topological polar surface area (TPSA) is 49.3 Å². The number of rotatable bonds is 5. The third-order valence-corrected chi connectivity index (χ3v) is 3.74. The Hall–Kier alpha value is -1.86. The third-order valence-electron chi connectivity index (χ3n) is 3.04. The van der Waals surface area contributed by atoms with E-state index in [4.69, 9.17) is 0 Å². The van der Waals surface area contributed by atoms with Crippen LogP contribution in [-0.2, 0) is 17.4 Å². The number of alkyl halides is 3. The van der Waals surface area contributed by atoms with Crippen LogP contribution in [0.1, 0.15) is 22.8 Å². The molecule has 118 valence electrons. The number of halogens is 3. The minimum absolute atomic E-state index is 0.0223. The number of aliphatic hydroxyl groups excluding tert-OH is 1. The second-order valence-electron chi connectivity index (χ2n) is 4.75. The number of carbonyl (C=O) groups excluding carboxylic acids is 1. The molecule has 0 aliphatic rings. The first-order valence-corrected chi connectivity index (χ1v) is 7.43. The Morgan fingerprint density at radius 1 is 1.32 bits per heavy atom. The minimum atomic E-state index is -4.43. The molecule has 1 unspecified atom stereocenters. The van der Waals surface area contributed by atoms with Gasteiger partial charge in [0.2, 0.25) is 5.91 Å². The highest BCUT2D eigenvalue weighted by Gasteiger charge is 2.30. The summed E-state index contributed by atoms with van der Waals surface area (Å²) in [6.07, 6.45) is -5.42. The minimum Gasteiger partial charge on any atom is -0.387 e. The fourth-order valence-corrected chi connectivity index (χ4v) is 2.61. The second-order valence-corrected chi connectivity index (χ2v) is 5.53. The molecule has 0 saturated carbocycles. The average molecular weight is 329 g/mol. The van der Waals surface area contributed by atoms with Gasteiger partial charge in [-0.05, 0) is 34.0 Å². The molecule has 1 aromatic heterocycles. The van der Waals surface area contributed by atoms with Crippen LogP contribution in [0.3, 0.4) is 0 Å². The monoisotopic (exact) mass is 329 g/mol. The summed E-state index contributed by atoms with van der Waals surface area (Å²) < 4.78 is 37.8. The Balaban J connectivity index is 1.90. The molecule has 1 heterocycles. The first-order chi connectivity index (χ1) is 10.4. The van der Waals surface area contributed by atoms with Crippen molar-refractivity contribution in [2.75, 3.05) is 6.54 Å². The zero-order valence-corrected chi connectivity index (χ0v) is 12.2. The van der Waals surface area contributed by atoms with Crippen molar-refractivity contribution in [1.29, 1.82) is 0 Å². The maximum Gasteiger partial charge on any atom is 0.416 e. The predicted molar refractivity (Wildman–Crippen MR) is 77.4 cm³/mol. The van der Waals surface area contributed by atoms with E-state index in [0.29, 0.717) is 5.56 Å². The largest absolute Gasteiger partial charge is 0.416 e. The van der Waals surface area contributed by atoms with E-state index in [9.17, 15) is 23.1 Å². The number of thiophene rings is 1. The van der Waals surface area contributed by atoms with Crippen molar-refractivity contribution in [2.24, 2.45) is 0 Å². The summed E-state index contributed by atoms with van der Waals surface area (Å²) in [5, 5.41) is 15.9. The van der Waals surface area contributed by atoms with E-state index in [-0.39, 0.29) is 18.5 Å². The number of carbonyl (C=O) groups is 1. The van der Waals surface area contributed by atoms with Crippen LogP contribution < -0.4 is 5.32 Å². The van der Waals surface area contributed by atoms with E-state index in [1.165, 1.54) is 23.5 Å². The quantitative estimate of drug-likeness (QED) is 0.885. The fourth-order valence-electron chi connectivity index (χ4n) is 1.90. The van der Waals surface area contributed by atoms with Crippen LogP contribution in [0.5, 0.6) is 0 Å². The maximum absolute atomic E-state index is 12.6. The molecule has 2 aromatic rings. The first kappa shape index (κ1) is 16.5. The van der Waals surface area contributed by atoms with E-state index < -0.39 is 23.8 Å². The van der Waals surface area contributed by atoms with Gasteiger partial charge in [-0.25, -0.2) is 0 Å². The van der Waals surface area contributed by atoms with Crippen LogP contribution >= 0.6 is 11.3 Å². The van der Waals surface area contributed by atoms with Gasteiger partial charge < -0.3 is 10.4 Å². The fraction of sp³-hybridized carbons (Fsp3) is 0.267. The number of aliphatic hydroxyl groups is 1. The van der Waals surface area contributed by atoms with Gasteiger partial charge in [0.15, 0.2) is 0 Å². The van der Waals surface area contributed by atoms with Gasteiger partial charge in [-0.15, -0.1) is 0 Å². The molecule has 0 fully saturated rings. The summed E-state index contributed by atoms with van der Waals surface area (Å²) >= 11 is 1.43. The molecule has 0 saturated heterocycles. The molecule has 3 nitrogen and oxygen atoms in total. The molecular weight excluding hydrogens is 315 g/mol. The molecule has 0 aliphatic heterocycles. The van der Waals surface area contributed by atoms with E-state index >= 15 is 0 Å². The molecule has 0 aliphatic carbocycles. The molecule has 2 rings (SSSR count). The zero-order chi connectivity index (χ0) is 16.2. The molecule has 0 radical (unpaired) electrons. The maximum atomic E-state index is 12.6. The molecule has 22 heavy (non-hydrogen) atoms. The summed E-state index contributed by atoms with van der Waals surface area (Å²) in [7, 11) is 0. The second kappa shape index (κ2) is 6.93. The summed E-state index contributed by atoms with van der Waals surface area (Å²) in [5.41, 5.74) is 0.192. The van der Waals surface area contributed by atoms with Gasteiger partial charge in [-0.2, -0.15) is 24.5 Å². The standard InChI is InChI=1S/C15H14F3NO2S/c16-15(17,18)12-3-1-2-10(6-12)7-14(21)19-8-13(20)11-4-5-22-9-11/h1-6,9,13,20H,7-8H2,(H,19,21). The van der Waals surface area contributed by atoms with Crippen molar-refractivity contribution in [3.8, 4) is 0 Å². The lowest BCUT2D eigenvalue weighted by Gasteiger charge is -2.11. The van der Waals surface area contributed by atoms with Crippen LogP contribution in [-0.4, -0.2) is 17.6 Å². The van der Waals surface area contributed by atoms with E-state index in [0.717, 1.165) is 12.1 Å². The van der Waals surface area contributed by atoms with Gasteiger partial charge in [0, 0.05) is 6.54 Å². The van der Waals surface area contributed by atoms with E-state index in [1.807, 2.05) is 5.38 Å². The van der Waals surface area contributed by atoms with Crippen molar-refractivity contribution in [1.82, 2.24) is 5.32 Å². The Labute approximate surface area is 129 Å². The van der Waals surface area contributed by atoms with Crippen molar-refractivity contribution in [2.45, 2.75) is 18.7 Å². The highest BCUT2D eigenvalue weighted by atomic mass is 32.1. The molecule has 7 heteroatoms. The highest BCUT2D eigenvalue weighted by molar-refractivity contribution is 7.07. The number of hydrogen-bond donors (Lipinski definition) is 2. The van der Waals surface area contributed by atoms with Crippen molar-refractivity contribution < 1.29 is 23.1 Å². The lowest BCUT2D eigenvalue weighted by molar-refractivity contribution is -0.137. The van der Waals surface area contributed by atoms with Crippen LogP contribution in [0.4, 0.5) is 13.2 Å². The number of benzene rings is 1. The molecule has 0 bridgehead atoms. The predicted octanol–water partition coefficient (Wildman–Crippen LogP) is 3.16. The van der Waals surface area contributed by atoms with Crippen molar-refractivity contribution >= 4 is 17.2 Å². The average Bonchev–Trinajstić information content (AvgIpc) is 2.98. The summed E-state index contributed by atoms with van der Waals surface area (Å²) in [6, 6.07) is 6.39. The highest BCUT2D eigenvalue weighted by Crippen LogP contribution is 2.29. The Kier molecular flexibility index (Phi) is 5.20. The summed E-state index contributed by atoms with van der Waals surface area (Å²) in [4.78, 5) is 11.7. The molecule has 1 amide bonds. The van der Waals surface area contributed by atoms with E-state index in [2.05, 4.69) is 5.32 Å². The molecule has 0 spiro atoms. The Morgan fingerprint density at radius 2 is 2.09 bits per heavy atom. The normalized spacial score (nSPS) is 12.9. The summed E-state index contributed by atoms with van der Waals surface area (Å²) in [6.45, 7) is 0.0223. The summed E-state index contributed by atoms with van der Waals surface area (Å²) in [5.74, 6) is -0.436. The van der Waals surface area contributed by atoms with Gasteiger partial charge in [0.1, 0.15) is 0 Å². The van der Waals surface area contributed by atoms with Gasteiger partial charge >= 0.3 is 6.18 Å². The first-order valence-electron chi connectivity index (χ1n) is 6.49. The van der Waals surface area contributed by atoms with Gasteiger partial charge in [-0.3, -0.25) is 4.79 Å². The van der Waals surface area contributed by atoms with Gasteiger partial charge in [0.25, 0.3) is 0 Å². The molecule has 2 N–H and O–H groups in total.